The number of nitrogens with zero attached hydrogens (tertiary/aromatic N) is 4. The van der Waals surface area contributed by atoms with Crippen LogP contribution in [0.3, 0.4) is 0 Å². The molecular weight excluding hydrogens is 232 g/mol. The van der Waals surface area contributed by atoms with Gasteiger partial charge in [-0.25, -0.2) is 9.97 Å². The van der Waals surface area contributed by atoms with Gasteiger partial charge in [0.1, 0.15) is 4.60 Å². The number of halogens is 1. The lowest BCUT2D eigenvalue weighted by atomic mass is 10.5. The molecule has 0 saturated heterocycles. The number of hydrogen-bond donors (Lipinski definition) is 0. The fourth-order valence-corrected chi connectivity index (χ4v) is 1.58. The fourth-order valence-electron chi connectivity index (χ4n) is 1.19. The molecule has 0 aliphatic rings. The van der Waals surface area contributed by atoms with E-state index in [4.69, 9.17) is 0 Å². The highest BCUT2D eigenvalue weighted by atomic mass is 79.9. The molecule has 5 heteroatoms. The number of aromatic nitrogens is 3. The maximum absolute atomic E-state index is 4.25. The van der Waals surface area contributed by atoms with Gasteiger partial charge in [0.15, 0.2) is 11.5 Å². The summed E-state index contributed by atoms with van der Waals surface area (Å²) in [6.07, 6.45) is 5.40. The molecule has 0 unspecified atom stereocenters. The summed E-state index contributed by atoms with van der Waals surface area (Å²) in [5, 5.41) is 0. The second-order valence-corrected chi connectivity index (χ2v) is 3.73. The molecule has 2 aromatic heterocycles. The quantitative estimate of drug-likeness (QED) is 0.759. The van der Waals surface area contributed by atoms with Crippen molar-refractivity contribution >= 4 is 27.4 Å². The van der Waals surface area contributed by atoms with Crippen molar-refractivity contribution < 1.29 is 0 Å². The summed E-state index contributed by atoms with van der Waals surface area (Å²) in [6.45, 7) is 0. The van der Waals surface area contributed by atoms with E-state index in [0.29, 0.717) is 0 Å². The monoisotopic (exact) mass is 240 g/mol. The van der Waals surface area contributed by atoms with Crippen LogP contribution in [0.2, 0.25) is 0 Å². The van der Waals surface area contributed by atoms with E-state index in [1.807, 2.05) is 29.6 Å². The minimum atomic E-state index is 0.861. The van der Waals surface area contributed by atoms with Crippen LogP contribution < -0.4 is 4.90 Å². The Kier molecular flexibility index (Phi) is 1.95. The molecule has 0 aliphatic heterocycles. The molecule has 2 rings (SSSR count). The van der Waals surface area contributed by atoms with Crippen molar-refractivity contribution in [1.29, 1.82) is 0 Å². The average Bonchev–Trinajstić information content (AvgIpc) is 2.48. The second-order valence-electron chi connectivity index (χ2n) is 2.92. The molecule has 0 bridgehead atoms. The van der Waals surface area contributed by atoms with Crippen LogP contribution in [-0.2, 0) is 0 Å². The maximum atomic E-state index is 4.25. The van der Waals surface area contributed by atoms with Crippen LogP contribution >= 0.6 is 15.9 Å². The molecule has 4 nitrogen and oxygen atoms in total. The van der Waals surface area contributed by atoms with E-state index < -0.39 is 0 Å². The molecule has 13 heavy (non-hydrogen) atoms. The summed E-state index contributed by atoms with van der Waals surface area (Å²) in [7, 11) is 3.90. The third-order valence-electron chi connectivity index (χ3n) is 1.79. The molecule has 0 N–H and O–H groups in total. The van der Waals surface area contributed by atoms with Crippen molar-refractivity contribution in [2.75, 3.05) is 19.0 Å². The van der Waals surface area contributed by atoms with Crippen molar-refractivity contribution in [3.63, 3.8) is 0 Å². The van der Waals surface area contributed by atoms with E-state index in [9.17, 15) is 0 Å². The third-order valence-corrected chi connectivity index (χ3v) is 2.37. The van der Waals surface area contributed by atoms with Crippen molar-refractivity contribution in [1.82, 2.24) is 14.4 Å². The molecule has 2 aromatic rings. The Morgan fingerprint density at radius 3 is 2.85 bits per heavy atom. The standard InChI is InChI=1S/C8H9BrN4/c1-12(2)7-8-11-5-6(9)13(8)4-3-10-7/h3-5H,1-2H3. The number of anilines is 1. The van der Waals surface area contributed by atoms with E-state index in [-0.39, 0.29) is 0 Å². The summed E-state index contributed by atoms with van der Waals surface area (Å²) >= 11 is 3.40. The molecule has 0 amide bonds. The van der Waals surface area contributed by atoms with E-state index in [0.717, 1.165) is 16.1 Å². The second kappa shape index (κ2) is 2.99. The number of hydrogen-bond acceptors (Lipinski definition) is 3. The van der Waals surface area contributed by atoms with Crippen LogP contribution in [0, 0.1) is 0 Å². The van der Waals surface area contributed by atoms with Crippen molar-refractivity contribution in [2.45, 2.75) is 0 Å². The molecular formula is C8H9BrN4. The van der Waals surface area contributed by atoms with Gasteiger partial charge in [-0.3, -0.25) is 4.40 Å². The zero-order valence-corrected chi connectivity index (χ0v) is 8.98. The molecule has 0 spiro atoms. The predicted molar refractivity (Wildman–Crippen MR) is 55.0 cm³/mol. The summed E-state index contributed by atoms with van der Waals surface area (Å²) < 4.78 is 2.88. The maximum Gasteiger partial charge on any atom is 0.181 e. The number of rotatable bonds is 1. The van der Waals surface area contributed by atoms with Crippen molar-refractivity contribution in [2.24, 2.45) is 0 Å². The Morgan fingerprint density at radius 1 is 1.38 bits per heavy atom. The molecule has 0 atom stereocenters. The van der Waals surface area contributed by atoms with Crippen LogP contribution in [0.25, 0.3) is 5.65 Å². The van der Waals surface area contributed by atoms with Gasteiger partial charge in [-0.15, -0.1) is 0 Å². The Balaban J connectivity index is 2.77. The number of imidazole rings is 1. The van der Waals surface area contributed by atoms with Crippen LogP contribution in [0.1, 0.15) is 0 Å². The van der Waals surface area contributed by atoms with Gasteiger partial charge in [0, 0.05) is 26.5 Å². The SMILES string of the molecule is CN(C)c1nccn2c(Br)cnc12. The molecule has 0 aromatic carbocycles. The highest BCUT2D eigenvalue weighted by molar-refractivity contribution is 9.10. The molecule has 0 radical (unpaired) electrons. The predicted octanol–water partition coefficient (Wildman–Crippen LogP) is 1.56. The summed E-state index contributed by atoms with van der Waals surface area (Å²) in [5.41, 5.74) is 0.861. The van der Waals surface area contributed by atoms with Crippen LogP contribution in [-0.4, -0.2) is 28.5 Å². The Hall–Kier alpha value is -1.10. The van der Waals surface area contributed by atoms with Gasteiger partial charge in [0.2, 0.25) is 0 Å². The van der Waals surface area contributed by atoms with E-state index in [1.165, 1.54) is 0 Å². The summed E-state index contributed by atoms with van der Waals surface area (Å²) in [5.74, 6) is 0.869. The Labute approximate surface area is 84.3 Å². The van der Waals surface area contributed by atoms with Crippen molar-refractivity contribution in [3.05, 3.63) is 23.2 Å². The minimum Gasteiger partial charge on any atom is -0.360 e. The first-order valence-electron chi connectivity index (χ1n) is 3.85. The minimum absolute atomic E-state index is 0.861. The Bertz CT molecular complexity index is 435. The Morgan fingerprint density at radius 2 is 2.15 bits per heavy atom. The molecule has 0 fully saturated rings. The first-order valence-corrected chi connectivity index (χ1v) is 4.64. The van der Waals surface area contributed by atoms with Gasteiger partial charge in [0.05, 0.1) is 6.20 Å². The summed E-state index contributed by atoms with van der Waals surface area (Å²) in [4.78, 5) is 10.4. The highest BCUT2D eigenvalue weighted by Crippen LogP contribution is 2.19. The van der Waals surface area contributed by atoms with Gasteiger partial charge in [-0.05, 0) is 15.9 Å². The van der Waals surface area contributed by atoms with E-state index >= 15 is 0 Å². The lowest BCUT2D eigenvalue weighted by Crippen LogP contribution is -2.12. The molecule has 2 heterocycles. The van der Waals surface area contributed by atoms with E-state index in [1.54, 1.807) is 12.4 Å². The zero-order valence-electron chi connectivity index (χ0n) is 7.40. The largest absolute Gasteiger partial charge is 0.360 e. The molecule has 0 saturated carbocycles. The fraction of sp³-hybridized carbons (Fsp3) is 0.250. The zero-order chi connectivity index (χ0) is 9.42. The number of fused-ring (bicyclic) bond motifs is 1. The third kappa shape index (κ3) is 1.29. The van der Waals surface area contributed by atoms with E-state index in [2.05, 4.69) is 25.9 Å². The highest BCUT2D eigenvalue weighted by Gasteiger charge is 2.07. The van der Waals surface area contributed by atoms with Crippen LogP contribution in [0.15, 0.2) is 23.2 Å². The van der Waals surface area contributed by atoms with Crippen LogP contribution in [0.5, 0.6) is 0 Å². The molecule has 68 valence electrons. The lowest BCUT2D eigenvalue weighted by molar-refractivity contribution is 1.02. The lowest BCUT2D eigenvalue weighted by Gasteiger charge is -2.11. The average molecular weight is 241 g/mol. The van der Waals surface area contributed by atoms with Crippen LogP contribution in [0.4, 0.5) is 5.82 Å². The van der Waals surface area contributed by atoms with Gasteiger partial charge >= 0.3 is 0 Å². The summed E-state index contributed by atoms with van der Waals surface area (Å²) in [6, 6.07) is 0. The first kappa shape index (κ1) is 8.50. The first-order chi connectivity index (χ1) is 6.20. The normalized spacial score (nSPS) is 10.7. The van der Waals surface area contributed by atoms with Gasteiger partial charge in [-0.1, -0.05) is 0 Å². The molecule has 0 aliphatic carbocycles. The van der Waals surface area contributed by atoms with Gasteiger partial charge in [-0.2, -0.15) is 0 Å². The van der Waals surface area contributed by atoms with Crippen molar-refractivity contribution in [3.8, 4) is 0 Å². The topological polar surface area (TPSA) is 33.4 Å². The smallest absolute Gasteiger partial charge is 0.181 e. The van der Waals surface area contributed by atoms with Gasteiger partial charge < -0.3 is 4.90 Å². The van der Waals surface area contributed by atoms with Gasteiger partial charge in [0.25, 0.3) is 0 Å².